The van der Waals surface area contributed by atoms with Crippen molar-refractivity contribution in [3.63, 3.8) is 0 Å². The number of aryl methyl sites for hydroxylation is 1. The molecule has 4 rings (SSSR count). The molecule has 4 aromatic rings. The lowest BCUT2D eigenvalue weighted by Crippen LogP contribution is -2.31. The Kier molecular flexibility index (Phi) is 4.31. The minimum Gasteiger partial charge on any atom is -0.438 e. The summed E-state index contributed by atoms with van der Waals surface area (Å²) in [7, 11) is 1.64. The zero-order chi connectivity index (χ0) is 19.8. The monoisotopic (exact) mass is 373 g/mol. The molecule has 0 amide bonds. The number of hydrogen-bond acceptors (Lipinski definition) is 4. The van der Waals surface area contributed by atoms with Crippen molar-refractivity contribution in [2.45, 2.75) is 13.8 Å². The normalized spacial score (nSPS) is 11.0. The Hall–Kier alpha value is -3.67. The van der Waals surface area contributed by atoms with Gasteiger partial charge in [-0.25, -0.2) is 9.78 Å². The number of aromatic amines is 1. The highest BCUT2D eigenvalue weighted by molar-refractivity contribution is 5.86. The molecule has 140 valence electrons. The summed E-state index contributed by atoms with van der Waals surface area (Å²) in [5.74, 6) is 1.17. The Morgan fingerprint density at radius 1 is 1.04 bits per heavy atom. The molecule has 0 aliphatic heterocycles. The highest BCUT2D eigenvalue weighted by Crippen LogP contribution is 2.31. The van der Waals surface area contributed by atoms with Crippen LogP contribution in [0, 0.1) is 13.8 Å². The first kappa shape index (κ1) is 17.7. The van der Waals surface area contributed by atoms with E-state index < -0.39 is 5.69 Å². The standard InChI is InChI=1S/C22H19N3O3/c1-13-12-16(28-21-18-7-5-4-6-15(18)10-11-23-21)8-9-17(13)19-14(2)20(26)24-22(27)25(19)3/h4-12H,1-3H3,(H,24,26,27). The highest BCUT2D eigenvalue weighted by atomic mass is 16.5. The van der Waals surface area contributed by atoms with Gasteiger partial charge in [-0.15, -0.1) is 0 Å². The lowest BCUT2D eigenvalue weighted by Gasteiger charge is -2.14. The Labute approximate surface area is 161 Å². The van der Waals surface area contributed by atoms with Crippen LogP contribution in [0.4, 0.5) is 0 Å². The second-order valence-electron chi connectivity index (χ2n) is 6.71. The average molecular weight is 373 g/mol. The van der Waals surface area contributed by atoms with E-state index in [2.05, 4.69) is 9.97 Å². The highest BCUT2D eigenvalue weighted by Gasteiger charge is 2.14. The number of H-pyrrole nitrogens is 1. The van der Waals surface area contributed by atoms with Gasteiger partial charge in [-0.2, -0.15) is 0 Å². The van der Waals surface area contributed by atoms with Crippen LogP contribution in [-0.2, 0) is 7.05 Å². The van der Waals surface area contributed by atoms with Crippen molar-refractivity contribution in [2.75, 3.05) is 0 Å². The number of nitrogens with one attached hydrogen (secondary N) is 1. The number of pyridine rings is 1. The van der Waals surface area contributed by atoms with Gasteiger partial charge < -0.3 is 4.74 Å². The van der Waals surface area contributed by atoms with Crippen molar-refractivity contribution in [3.05, 3.63) is 86.7 Å². The summed E-state index contributed by atoms with van der Waals surface area (Å²) in [4.78, 5) is 30.7. The fourth-order valence-corrected chi connectivity index (χ4v) is 3.37. The van der Waals surface area contributed by atoms with Gasteiger partial charge in [-0.3, -0.25) is 14.3 Å². The van der Waals surface area contributed by atoms with Crippen molar-refractivity contribution < 1.29 is 4.74 Å². The van der Waals surface area contributed by atoms with Gasteiger partial charge in [-0.1, -0.05) is 18.2 Å². The van der Waals surface area contributed by atoms with Crippen LogP contribution in [0.5, 0.6) is 11.6 Å². The molecule has 0 radical (unpaired) electrons. The number of fused-ring (bicyclic) bond motifs is 1. The molecule has 2 aromatic heterocycles. The minimum atomic E-state index is -0.440. The summed E-state index contributed by atoms with van der Waals surface area (Å²) < 4.78 is 7.47. The quantitative estimate of drug-likeness (QED) is 0.594. The molecule has 2 heterocycles. The molecule has 0 aliphatic rings. The molecule has 0 fully saturated rings. The van der Waals surface area contributed by atoms with E-state index in [-0.39, 0.29) is 5.56 Å². The predicted molar refractivity (Wildman–Crippen MR) is 109 cm³/mol. The van der Waals surface area contributed by atoms with E-state index in [4.69, 9.17) is 4.74 Å². The molecule has 0 bridgehead atoms. The fourth-order valence-electron chi connectivity index (χ4n) is 3.37. The number of ether oxygens (including phenoxy) is 1. The van der Waals surface area contributed by atoms with Gasteiger partial charge in [0.15, 0.2) is 0 Å². The van der Waals surface area contributed by atoms with Crippen molar-refractivity contribution in [2.24, 2.45) is 7.05 Å². The summed E-state index contributed by atoms with van der Waals surface area (Å²) in [5.41, 5.74) is 1.97. The van der Waals surface area contributed by atoms with Gasteiger partial charge in [0.2, 0.25) is 5.88 Å². The summed E-state index contributed by atoms with van der Waals surface area (Å²) in [6.07, 6.45) is 1.72. The Bertz CT molecular complexity index is 1280. The maximum Gasteiger partial charge on any atom is 0.328 e. The van der Waals surface area contributed by atoms with E-state index in [1.807, 2.05) is 55.5 Å². The van der Waals surface area contributed by atoms with Crippen LogP contribution in [0.15, 0.2) is 64.3 Å². The first-order valence-electron chi connectivity index (χ1n) is 8.88. The van der Waals surface area contributed by atoms with E-state index in [9.17, 15) is 9.59 Å². The van der Waals surface area contributed by atoms with Crippen LogP contribution in [0.2, 0.25) is 0 Å². The van der Waals surface area contributed by atoms with Crippen LogP contribution < -0.4 is 16.0 Å². The van der Waals surface area contributed by atoms with Gasteiger partial charge in [-0.05, 0) is 55.1 Å². The zero-order valence-electron chi connectivity index (χ0n) is 15.8. The second-order valence-corrected chi connectivity index (χ2v) is 6.71. The molecule has 0 spiro atoms. The predicted octanol–water partition coefficient (Wildman–Crippen LogP) is 3.70. The van der Waals surface area contributed by atoms with Gasteiger partial charge in [0.1, 0.15) is 5.75 Å². The van der Waals surface area contributed by atoms with Crippen LogP contribution in [0.1, 0.15) is 11.1 Å². The number of aromatic nitrogens is 3. The van der Waals surface area contributed by atoms with Crippen molar-refractivity contribution in [1.82, 2.24) is 14.5 Å². The molecule has 0 saturated carbocycles. The molecule has 6 nitrogen and oxygen atoms in total. The van der Waals surface area contributed by atoms with E-state index in [0.29, 0.717) is 22.9 Å². The summed E-state index contributed by atoms with van der Waals surface area (Å²) in [6, 6.07) is 15.4. The molecule has 0 unspecified atom stereocenters. The molecule has 1 N–H and O–H groups in total. The second kappa shape index (κ2) is 6.81. The largest absolute Gasteiger partial charge is 0.438 e. The smallest absolute Gasteiger partial charge is 0.328 e. The van der Waals surface area contributed by atoms with E-state index >= 15 is 0 Å². The van der Waals surface area contributed by atoms with Gasteiger partial charge in [0, 0.05) is 29.8 Å². The molecule has 0 atom stereocenters. The van der Waals surface area contributed by atoms with Crippen molar-refractivity contribution in [3.8, 4) is 22.9 Å². The Morgan fingerprint density at radius 2 is 1.82 bits per heavy atom. The summed E-state index contributed by atoms with van der Waals surface area (Å²) in [6.45, 7) is 3.63. The first-order chi connectivity index (χ1) is 13.5. The lowest BCUT2D eigenvalue weighted by molar-refractivity contribution is 0.469. The Balaban J connectivity index is 1.78. The van der Waals surface area contributed by atoms with E-state index in [1.54, 1.807) is 20.2 Å². The van der Waals surface area contributed by atoms with Crippen LogP contribution in [-0.4, -0.2) is 14.5 Å². The average Bonchev–Trinajstić information content (AvgIpc) is 2.68. The van der Waals surface area contributed by atoms with E-state index in [0.717, 1.165) is 21.9 Å². The van der Waals surface area contributed by atoms with Crippen LogP contribution in [0.25, 0.3) is 22.0 Å². The number of hydrogen-bond donors (Lipinski definition) is 1. The minimum absolute atomic E-state index is 0.377. The topological polar surface area (TPSA) is 77.0 Å². The SMILES string of the molecule is Cc1cc(Oc2nccc3ccccc23)ccc1-c1c(C)c(=O)[nH]c(=O)n1C. The summed E-state index contributed by atoms with van der Waals surface area (Å²) >= 11 is 0. The molecule has 0 aliphatic carbocycles. The molecule has 0 saturated heterocycles. The fraction of sp³-hybridized carbons (Fsp3) is 0.136. The zero-order valence-corrected chi connectivity index (χ0v) is 15.8. The molecule has 6 heteroatoms. The molecular formula is C22H19N3O3. The number of rotatable bonds is 3. The van der Waals surface area contributed by atoms with Crippen LogP contribution in [0.3, 0.4) is 0 Å². The lowest BCUT2D eigenvalue weighted by atomic mass is 10.0. The molecule has 2 aromatic carbocycles. The van der Waals surface area contributed by atoms with Crippen LogP contribution >= 0.6 is 0 Å². The Morgan fingerprint density at radius 3 is 2.61 bits per heavy atom. The maximum absolute atomic E-state index is 12.0. The summed E-state index contributed by atoms with van der Waals surface area (Å²) in [5, 5.41) is 1.98. The third-order valence-corrected chi connectivity index (χ3v) is 4.86. The van der Waals surface area contributed by atoms with Gasteiger partial charge in [0.25, 0.3) is 5.56 Å². The number of benzene rings is 2. The van der Waals surface area contributed by atoms with E-state index in [1.165, 1.54) is 4.57 Å². The number of nitrogens with zero attached hydrogens (tertiary/aromatic N) is 2. The molecule has 28 heavy (non-hydrogen) atoms. The maximum atomic E-state index is 12.0. The first-order valence-corrected chi connectivity index (χ1v) is 8.88. The van der Waals surface area contributed by atoms with Gasteiger partial charge in [0.05, 0.1) is 5.69 Å². The molecular weight excluding hydrogens is 354 g/mol. The van der Waals surface area contributed by atoms with Gasteiger partial charge >= 0.3 is 5.69 Å². The van der Waals surface area contributed by atoms with Crippen molar-refractivity contribution >= 4 is 10.8 Å². The third kappa shape index (κ3) is 2.99. The van der Waals surface area contributed by atoms with Crippen molar-refractivity contribution in [1.29, 1.82) is 0 Å². The third-order valence-electron chi connectivity index (χ3n) is 4.86.